The molecule has 0 bridgehead atoms. The number of ether oxygens (including phenoxy) is 1. The van der Waals surface area contributed by atoms with E-state index >= 15 is 0 Å². The molecule has 1 aliphatic rings. The molecule has 4 nitrogen and oxygen atoms in total. The molecular formula is C11H16BrN3O. The maximum absolute atomic E-state index is 5.64. The molecule has 1 heterocycles. The van der Waals surface area contributed by atoms with Gasteiger partial charge >= 0.3 is 0 Å². The molecule has 2 rings (SSSR count). The fourth-order valence-electron chi connectivity index (χ4n) is 2.04. The van der Waals surface area contributed by atoms with Crippen molar-refractivity contribution in [2.45, 2.75) is 31.4 Å². The number of halogens is 1. The molecule has 0 aromatic carbocycles. The molecule has 0 spiro atoms. The van der Waals surface area contributed by atoms with E-state index in [-0.39, 0.29) is 0 Å². The smallest absolute Gasteiger partial charge is 0.140 e. The van der Waals surface area contributed by atoms with Gasteiger partial charge in [0.25, 0.3) is 0 Å². The fraction of sp³-hybridized carbons (Fsp3) is 0.545. The van der Waals surface area contributed by atoms with Crippen molar-refractivity contribution in [1.82, 2.24) is 4.98 Å². The summed E-state index contributed by atoms with van der Waals surface area (Å²) in [5.41, 5.74) is 6.30. The molecule has 1 saturated carbocycles. The zero-order valence-electron chi connectivity index (χ0n) is 9.24. The highest BCUT2D eigenvalue weighted by atomic mass is 79.9. The van der Waals surface area contributed by atoms with E-state index in [1.165, 1.54) is 0 Å². The molecule has 16 heavy (non-hydrogen) atoms. The maximum Gasteiger partial charge on any atom is 0.140 e. The van der Waals surface area contributed by atoms with Crippen LogP contribution in [-0.2, 0) is 4.74 Å². The Hall–Kier alpha value is -0.810. The van der Waals surface area contributed by atoms with E-state index in [1.807, 2.05) is 6.07 Å². The van der Waals surface area contributed by atoms with E-state index in [0.29, 0.717) is 17.8 Å². The Balaban J connectivity index is 1.99. The van der Waals surface area contributed by atoms with Crippen molar-refractivity contribution in [3.8, 4) is 0 Å². The highest BCUT2D eigenvalue weighted by Gasteiger charge is 2.24. The monoisotopic (exact) mass is 285 g/mol. The van der Waals surface area contributed by atoms with Gasteiger partial charge < -0.3 is 15.8 Å². The van der Waals surface area contributed by atoms with Crippen molar-refractivity contribution in [2.24, 2.45) is 0 Å². The lowest BCUT2D eigenvalue weighted by atomic mass is 10.2. The highest BCUT2D eigenvalue weighted by Crippen LogP contribution is 2.28. The summed E-state index contributed by atoms with van der Waals surface area (Å²) >= 11 is 3.45. The van der Waals surface area contributed by atoms with Gasteiger partial charge in [-0.15, -0.1) is 0 Å². The summed E-state index contributed by atoms with van der Waals surface area (Å²) in [6.07, 6.45) is 5.31. The van der Waals surface area contributed by atoms with Gasteiger partial charge in [-0.1, -0.05) is 0 Å². The van der Waals surface area contributed by atoms with Gasteiger partial charge in [0.2, 0.25) is 0 Å². The van der Waals surface area contributed by atoms with E-state index in [4.69, 9.17) is 10.5 Å². The zero-order chi connectivity index (χ0) is 11.5. The first kappa shape index (κ1) is 11.7. The van der Waals surface area contributed by atoms with Crippen LogP contribution in [0.15, 0.2) is 16.7 Å². The third-order valence-corrected chi connectivity index (χ3v) is 3.53. The number of nitrogens with one attached hydrogen (secondary N) is 1. The van der Waals surface area contributed by atoms with Gasteiger partial charge in [0.05, 0.1) is 22.5 Å². The number of nitrogens with two attached hydrogens (primary N) is 1. The van der Waals surface area contributed by atoms with Crippen LogP contribution in [0.2, 0.25) is 0 Å². The van der Waals surface area contributed by atoms with E-state index in [9.17, 15) is 0 Å². The molecule has 3 N–H and O–H groups in total. The number of hydrogen-bond donors (Lipinski definition) is 2. The molecule has 0 saturated heterocycles. The van der Waals surface area contributed by atoms with Gasteiger partial charge in [0.15, 0.2) is 0 Å². The number of nitrogen functional groups attached to an aromatic ring is 1. The van der Waals surface area contributed by atoms with Crippen LogP contribution in [0.1, 0.15) is 19.3 Å². The Morgan fingerprint density at radius 3 is 3.00 bits per heavy atom. The Labute approximate surface area is 104 Å². The first-order valence-corrected chi connectivity index (χ1v) is 6.18. The fourth-order valence-corrected chi connectivity index (χ4v) is 2.52. The number of hydrogen-bond acceptors (Lipinski definition) is 4. The minimum atomic E-state index is 0.380. The number of aromatic nitrogens is 1. The number of anilines is 2. The van der Waals surface area contributed by atoms with E-state index < -0.39 is 0 Å². The molecule has 0 amide bonds. The molecule has 0 aliphatic heterocycles. The maximum atomic E-state index is 5.64. The molecule has 88 valence electrons. The Morgan fingerprint density at radius 1 is 1.56 bits per heavy atom. The van der Waals surface area contributed by atoms with E-state index in [2.05, 4.69) is 26.2 Å². The minimum Gasteiger partial charge on any atom is -0.397 e. The average molecular weight is 286 g/mol. The second-order valence-corrected chi connectivity index (χ2v) is 4.97. The van der Waals surface area contributed by atoms with Gasteiger partial charge in [0, 0.05) is 13.2 Å². The van der Waals surface area contributed by atoms with Gasteiger partial charge in [-0.25, -0.2) is 4.98 Å². The second kappa shape index (κ2) is 5.01. The predicted octanol–water partition coefficient (Wildman–Crippen LogP) is 2.41. The number of pyridine rings is 1. The van der Waals surface area contributed by atoms with Crippen molar-refractivity contribution < 1.29 is 4.74 Å². The van der Waals surface area contributed by atoms with Gasteiger partial charge in [-0.05, 0) is 41.3 Å². The van der Waals surface area contributed by atoms with Crippen molar-refractivity contribution in [1.29, 1.82) is 0 Å². The first-order chi connectivity index (χ1) is 7.69. The highest BCUT2D eigenvalue weighted by molar-refractivity contribution is 9.10. The standard InChI is InChI=1S/C11H16BrN3O/c1-16-9-3-2-8(5-9)15-11-10(12)4-7(13)6-14-11/h4,6,8-9H,2-3,5,13H2,1H3,(H,14,15). The molecule has 1 aromatic rings. The summed E-state index contributed by atoms with van der Waals surface area (Å²) in [7, 11) is 1.77. The van der Waals surface area contributed by atoms with Crippen molar-refractivity contribution >= 4 is 27.4 Å². The van der Waals surface area contributed by atoms with E-state index in [0.717, 1.165) is 29.6 Å². The Bertz CT molecular complexity index is 372. The van der Waals surface area contributed by atoms with Crippen molar-refractivity contribution in [3.05, 3.63) is 16.7 Å². The van der Waals surface area contributed by atoms with Gasteiger partial charge in [0.1, 0.15) is 5.82 Å². The summed E-state index contributed by atoms with van der Waals surface area (Å²) < 4.78 is 6.25. The quantitative estimate of drug-likeness (QED) is 0.895. The molecule has 0 radical (unpaired) electrons. The largest absolute Gasteiger partial charge is 0.397 e. The summed E-state index contributed by atoms with van der Waals surface area (Å²) in [6.45, 7) is 0. The summed E-state index contributed by atoms with van der Waals surface area (Å²) in [5, 5.41) is 3.41. The minimum absolute atomic E-state index is 0.380. The van der Waals surface area contributed by atoms with Gasteiger partial charge in [-0.2, -0.15) is 0 Å². The van der Waals surface area contributed by atoms with Gasteiger partial charge in [-0.3, -0.25) is 0 Å². The number of rotatable bonds is 3. The number of nitrogens with zero attached hydrogens (tertiary/aromatic N) is 1. The van der Waals surface area contributed by atoms with Crippen LogP contribution in [0.5, 0.6) is 0 Å². The molecule has 2 unspecified atom stereocenters. The summed E-state index contributed by atoms with van der Waals surface area (Å²) in [4.78, 5) is 4.27. The van der Waals surface area contributed by atoms with Crippen molar-refractivity contribution in [3.63, 3.8) is 0 Å². The van der Waals surface area contributed by atoms with Crippen LogP contribution in [0.4, 0.5) is 11.5 Å². The zero-order valence-corrected chi connectivity index (χ0v) is 10.8. The van der Waals surface area contributed by atoms with Crippen LogP contribution in [0, 0.1) is 0 Å². The summed E-state index contributed by atoms with van der Waals surface area (Å²) in [6, 6.07) is 2.30. The first-order valence-electron chi connectivity index (χ1n) is 5.39. The SMILES string of the molecule is COC1CCC(Nc2ncc(N)cc2Br)C1. The van der Waals surface area contributed by atoms with Crippen LogP contribution in [0.25, 0.3) is 0 Å². The average Bonchev–Trinajstić information content (AvgIpc) is 2.70. The molecule has 1 aromatic heterocycles. The van der Waals surface area contributed by atoms with Crippen molar-refractivity contribution in [2.75, 3.05) is 18.2 Å². The third kappa shape index (κ3) is 2.65. The Kier molecular flexibility index (Phi) is 3.66. The third-order valence-electron chi connectivity index (χ3n) is 2.92. The molecule has 1 aliphatic carbocycles. The van der Waals surface area contributed by atoms with Crippen LogP contribution < -0.4 is 11.1 Å². The van der Waals surface area contributed by atoms with Crippen LogP contribution in [0.3, 0.4) is 0 Å². The predicted molar refractivity (Wildman–Crippen MR) is 68.4 cm³/mol. The lowest BCUT2D eigenvalue weighted by Gasteiger charge is -2.14. The summed E-state index contributed by atoms with van der Waals surface area (Å²) in [5.74, 6) is 0.857. The van der Waals surface area contributed by atoms with Crippen LogP contribution in [-0.4, -0.2) is 24.2 Å². The normalized spacial score (nSPS) is 24.6. The Morgan fingerprint density at radius 2 is 2.38 bits per heavy atom. The van der Waals surface area contributed by atoms with E-state index in [1.54, 1.807) is 13.3 Å². The molecular weight excluding hydrogens is 270 g/mol. The number of methoxy groups -OCH3 is 1. The molecule has 1 fully saturated rings. The molecule has 5 heteroatoms. The van der Waals surface area contributed by atoms with Crippen LogP contribution >= 0.6 is 15.9 Å². The molecule has 2 atom stereocenters. The lowest BCUT2D eigenvalue weighted by molar-refractivity contribution is 0.108. The lowest BCUT2D eigenvalue weighted by Crippen LogP contribution is -2.18. The topological polar surface area (TPSA) is 60.2 Å². The second-order valence-electron chi connectivity index (χ2n) is 4.11.